The molecule has 0 N–H and O–H groups in total. The molecule has 0 saturated heterocycles. The largest absolute Gasteiger partial charge is 0.386 e. The molecule has 3 nitrogen and oxygen atoms in total. The van der Waals surface area contributed by atoms with Crippen LogP contribution in [0.25, 0.3) is 0 Å². The van der Waals surface area contributed by atoms with Gasteiger partial charge >= 0.3 is 11.9 Å². The second-order valence-electron chi connectivity index (χ2n) is 4.19. The molecule has 0 unspecified atom stereocenters. The molecule has 2 rings (SSSR count). The first-order valence-corrected chi connectivity index (χ1v) is 5.23. The minimum Gasteiger partial charge on any atom is -0.386 e. The number of rotatable bonds is 2. The molecule has 0 fully saturated rings. The molecule has 2 aliphatic rings. The molecular weight excluding hydrogens is 192 g/mol. The van der Waals surface area contributed by atoms with E-state index in [0.29, 0.717) is 11.1 Å². The van der Waals surface area contributed by atoms with Crippen LogP contribution in [-0.4, -0.2) is 11.9 Å². The molecule has 80 valence electrons. The van der Waals surface area contributed by atoms with Crippen LogP contribution in [0.5, 0.6) is 0 Å². The molecule has 0 aromatic heterocycles. The monoisotopic (exact) mass is 206 g/mol. The molecule has 0 aliphatic heterocycles. The van der Waals surface area contributed by atoms with Gasteiger partial charge in [-0.15, -0.1) is 0 Å². The lowest BCUT2D eigenvalue weighted by molar-refractivity contribution is -0.154. The molecule has 0 aromatic rings. The highest BCUT2D eigenvalue weighted by Gasteiger charge is 2.28. The van der Waals surface area contributed by atoms with E-state index in [4.69, 9.17) is 4.74 Å². The van der Waals surface area contributed by atoms with Crippen LogP contribution in [0, 0.1) is 0 Å². The number of allylic oxidation sites excluding steroid dienone is 2. The molecule has 0 radical (unpaired) electrons. The molecule has 0 aromatic carbocycles. The Kier molecular flexibility index (Phi) is 2.47. The van der Waals surface area contributed by atoms with Gasteiger partial charge in [-0.2, -0.15) is 0 Å². The average molecular weight is 206 g/mol. The minimum atomic E-state index is -0.448. The summed E-state index contributed by atoms with van der Waals surface area (Å²) in [5.74, 6) is -0.896. The van der Waals surface area contributed by atoms with Crippen molar-refractivity contribution in [2.45, 2.75) is 39.5 Å². The summed E-state index contributed by atoms with van der Waals surface area (Å²) >= 11 is 0. The van der Waals surface area contributed by atoms with Gasteiger partial charge in [0.1, 0.15) is 0 Å². The SMILES string of the molecule is CC1=C(C(=O)OC(=O)C2=C(C)CC2)CC1. The van der Waals surface area contributed by atoms with Crippen LogP contribution in [0.4, 0.5) is 0 Å². The van der Waals surface area contributed by atoms with Gasteiger partial charge in [0.05, 0.1) is 0 Å². The molecule has 0 amide bonds. The van der Waals surface area contributed by atoms with E-state index >= 15 is 0 Å². The van der Waals surface area contributed by atoms with Gasteiger partial charge in [-0.3, -0.25) is 0 Å². The zero-order valence-corrected chi connectivity index (χ0v) is 9.05. The lowest BCUT2D eigenvalue weighted by Crippen LogP contribution is -2.23. The zero-order valence-electron chi connectivity index (χ0n) is 9.05. The van der Waals surface area contributed by atoms with Crippen LogP contribution in [0.15, 0.2) is 22.3 Å². The number of carbonyl (C=O) groups is 2. The normalized spacial score (nSPS) is 19.6. The first-order valence-electron chi connectivity index (χ1n) is 5.23. The summed E-state index contributed by atoms with van der Waals surface area (Å²) in [6.07, 6.45) is 3.38. The van der Waals surface area contributed by atoms with Crippen molar-refractivity contribution in [3.63, 3.8) is 0 Å². The van der Waals surface area contributed by atoms with Gasteiger partial charge in [-0.25, -0.2) is 9.59 Å². The van der Waals surface area contributed by atoms with Gasteiger partial charge < -0.3 is 4.74 Å². The van der Waals surface area contributed by atoms with Crippen molar-refractivity contribution in [3.8, 4) is 0 Å². The Morgan fingerprint density at radius 1 is 0.867 bits per heavy atom. The number of hydrogen-bond acceptors (Lipinski definition) is 3. The minimum absolute atomic E-state index is 0.448. The Bertz CT molecular complexity index is 361. The maximum absolute atomic E-state index is 11.5. The van der Waals surface area contributed by atoms with Crippen molar-refractivity contribution in [2.75, 3.05) is 0 Å². The Morgan fingerprint density at radius 3 is 1.47 bits per heavy atom. The van der Waals surface area contributed by atoms with Gasteiger partial charge in [0.2, 0.25) is 0 Å². The van der Waals surface area contributed by atoms with Crippen molar-refractivity contribution in [3.05, 3.63) is 22.3 Å². The number of hydrogen-bond donors (Lipinski definition) is 0. The van der Waals surface area contributed by atoms with Crippen LogP contribution in [0.2, 0.25) is 0 Å². The molecular formula is C12H14O3. The third kappa shape index (κ3) is 1.74. The van der Waals surface area contributed by atoms with Crippen molar-refractivity contribution in [2.24, 2.45) is 0 Å². The zero-order chi connectivity index (χ0) is 11.0. The van der Waals surface area contributed by atoms with Crippen LogP contribution >= 0.6 is 0 Å². The predicted molar refractivity (Wildman–Crippen MR) is 55.0 cm³/mol. The summed E-state index contributed by atoms with van der Waals surface area (Å²) in [6.45, 7) is 3.80. The molecule has 3 heteroatoms. The first kappa shape index (κ1) is 10.1. The van der Waals surface area contributed by atoms with Gasteiger partial charge in [0.25, 0.3) is 0 Å². The van der Waals surface area contributed by atoms with E-state index < -0.39 is 11.9 Å². The predicted octanol–water partition coefficient (Wildman–Crippen LogP) is 2.28. The van der Waals surface area contributed by atoms with Crippen LogP contribution in [-0.2, 0) is 14.3 Å². The van der Waals surface area contributed by atoms with Crippen molar-refractivity contribution < 1.29 is 14.3 Å². The summed E-state index contributed by atoms with van der Waals surface area (Å²) in [5.41, 5.74) is 3.46. The summed E-state index contributed by atoms with van der Waals surface area (Å²) in [6, 6.07) is 0. The first-order chi connectivity index (χ1) is 7.09. The molecule has 2 aliphatic carbocycles. The van der Waals surface area contributed by atoms with Crippen molar-refractivity contribution in [1.82, 2.24) is 0 Å². The third-order valence-electron chi connectivity index (χ3n) is 3.21. The Morgan fingerprint density at radius 2 is 1.27 bits per heavy atom. The molecule has 0 bridgehead atoms. The average Bonchev–Trinajstić information content (AvgIpc) is 2.12. The third-order valence-corrected chi connectivity index (χ3v) is 3.21. The number of esters is 2. The van der Waals surface area contributed by atoms with Gasteiger partial charge in [-0.05, 0) is 39.5 Å². The van der Waals surface area contributed by atoms with Gasteiger partial charge in [-0.1, -0.05) is 11.1 Å². The van der Waals surface area contributed by atoms with E-state index in [-0.39, 0.29) is 0 Å². The standard InChI is InChI=1S/C12H14O3/c1-7-3-5-9(7)11(13)15-12(14)10-6-4-8(10)2/h3-6H2,1-2H3. The topological polar surface area (TPSA) is 43.4 Å². The summed E-state index contributed by atoms with van der Waals surface area (Å²) in [4.78, 5) is 22.9. The van der Waals surface area contributed by atoms with E-state index in [1.54, 1.807) is 0 Å². The summed E-state index contributed by atoms with van der Waals surface area (Å²) in [7, 11) is 0. The highest BCUT2D eigenvalue weighted by molar-refractivity contribution is 6.03. The van der Waals surface area contributed by atoms with E-state index in [0.717, 1.165) is 36.8 Å². The molecule has 0 atom stereocenters. The maximum atomic E-state index is 11.5. The van der Waals surface area contributed by atoms with E-state index in [1.807, 2.05) is 13.8 Å². The van der Waals surface area contributed by atoms with E-state index in [1.165, 1.54) is 0 Å². The highest BCUT2D eigenvalue weighted by Crippen LogP contribution is 2.31. The summed E-state index contributed by atoms with van der Waals surface area (Å²) in [5, 5.41) is 0. The van der Waals surface area contributed by atoms with Gasteiger partial charge in [0, 0.05) is 11.1 Å². The lowest BCUT2D eigenvalue weighted by atomic mass is 9.89. The lowest BCUT2D eigenvalue weighted by Gasteiger charge is -2.21. The molecule has 0 saturated carbocycles. The molecule has 0 heterocycles. The van der Waals surface area contributed by atoms with Crippen LogP contribution < -0.4 is 0 Å². The van der Waals surface area contributed by atoms with Crippen molar-refractivity contribution in [1.29, 1.82) is 0 Å². The smallest absolute Gasteiger partial charge is 0.341 e. The Labute approximate surface area is 88.8 Å². The number of carbonyl (C=O) groups excluding carboxylic acids is 2. The second kappa shape index (κ2) is 3.65. The fourth-order valence-corrected chi connectivity index (χ4v) is 1.76. The summed E-state index contributed by atoms with van der Waals surface area (Å²) < 4.78 is 4.81. The fraction of sp³-hybridized carbons (Fsp3) is 0.500. The maximum Gasteiger partial charge on any atom is 0.341 e. The Balaban J connectivity index is 1.99. The fourth-order valence-electron chi connectivity index (χ4n) is 1.76. The second-order valence-corrected chi connectivity index (χ2v) is 4.19. The molecule has 0 spiro atoms. The van der Waals surface area contributed by atoms with Crippen LogP contribution in [0.3, 0.4) is 0 Å². The quantitative estimate of drug-likeness (QED) is 0.514. The number of ether oxygens (including phenoxy) is 1. The Hall–Kier alpha value is -1.38. The van der Waals surface area contributed by atoms with E-state index in [9.17, 15) is 9.59 Å². The molecule has 15 heavy (non-hydrogen) atoms. The van der Waals surface area contributed by atoms with Crippen LogP contribution in [0.1, 0.15) is 39.5 Å². The van der Waals surface area contributed by atoms with Crippen molar-refractivity contribution >= 4 is 11.9 Å². The van der Waals surface area contributed by atoms with E-state index in [2.05, 4.69) is 0 Å². The van der Waals surface area contributed by atoms with Gasteiger partial charge in [0.15, 0.2) is 0 Å². The highest BCUT2D eigenvalue weighted by atomic mass is 16.6.